The third-order valence-corrected chi connectivity index (χ3v) is 5.21. The van der Waals surface area contributed by atoms with E-state index in [2.05, 4.69) is 74.8 Å². The van der Waals surface area contributed by atoms with Crippen molar-refractivity contribution in [1.82, 2.24) is 20.4 Å². The van der Waals surface area contributed by atoms with Gasteiger partial charge in [-0.2, -0.15) is 5.10 Å². The van der Waals surface area contributed by atoms with Crippen molar-refractivity contribution >= 4 is 57.6 Å². The third kappa shape index (κ3) is 7.57. The van der Waals surface area contributed by atoms with E-state index in [1.165, 1.54) is 4.90 Å². The second kappa shape index (κ2) is 10.4. The molecule has 25 heavy (non-hydrogen) atoms. The Kier molecular flexibility index (Phi) is 9.29. The minimum Gasteiger partial charge on any atom is -0.355 e. The molecule has 0 atom stereocenters. The standard InChI is InChI=1S/C17H24BrN5S.HI/c1-17(2,24-15-7-5-13(18)6-8-15)12-21-16(19-3)20-11-14-9-10-22-23(14)4;/h5-10H,11-12H2,1-4H3,(H2,19,20,21);1H. The molecule has 5 nitrogen and oxygen atoms in total. The van der Waals surface area contributed by atoms with Crippen LogP contribution in [0.15, 0.2) is 50.9 Å². The van der Waals surface area contributed by atoms with E-state index in [-0.39, 0.29) is 28.7 Å². The molecule has 0 unspecified atom stereocenters. The molecular weight excluding hydrogens is 513 g/mol. The number of thioether (sulfide) groups is 1. The molecule has 8 heteroatoms. The molecule has 0 fully saturated rings. The molecule has 0 aliphatic carbocycles. The molecule has 2 rings (SSSR count). The molecule has 0 bridgehead atoms. The quantitative estimate of drug-likeness (QED) is 0.253. The molecule has 1 aromatic heterocycles. The Bertz CT molecular complexity index is 685. The number of hydrogen-bond acceptors (Lipinski definition) is 3. The largest absolute Gasteiger partial charge is 0.355 e. The summed E-state index contributed by atoms with van der Waals surface area (Å²) in [5.74, 6) is 0.792. The highest BCUT2D eigenvalue weighted by Gasteiger charge is 2.20. The lowest BCUT2D eigenvalue weighted by atomic mass is 10.2. The maximum atomic E-state index is 4.29. The highest BCUT2D eigenvalue weighted by Crippen LogP contribution is 2.32. The van der Waals surface area contributed by atoms with Gasteiger partial charge in [0.25, 0.3) is 0 Å². The van der Waals surface area contributed by atoms with E-state index in [1.807, 2.05) is 29.6 Å². The van der Waals surface area contributed by atoms with Gasteiger partial charge in [-0.1, -0.05) is 15.9 Å². The molecule has 0 amide bonds. The van der Waals surface area contributed by atoms with Crippen LogP contribution in [0.1, 0.15) is 19.5 Å². The first kappa shape index (κ1) is 22.3. The van der Waals surface area contributed by atoms with Crippen LogP contribution < -0.4 is 10.6 Å². The Morgan fingerprint density at radius 1 is 1.24 bits per heavy atom. The Morgan fingerprint density at radius 2 is 1.92 bits per heavy atom. The monoisotopic (exact) mass is 537 g/mol. The van der Waals surface area contributed by atoms with Gasteiger partial charge in [-0.15, -0.1) is 35.7 Å². The van der Waals surface area contributed by atoms with Gasteiger partial charge < -0.3 is 10.6 Å². The molecule has 138 valence electrons. The number of nitrogens with one attached hydrogen (secondary N) is 2. The van der Waals surface area contributed by atoms with Crippen molar-refractivity contribution < 1.29 is 0 Å². The predicted molar refractivity (Wildman–Crippen MR) is 121 cm³/mol. The summed E-state index contributed by atoms with van der Waals surface area (Å²) in [5, 5.41) is 10.9. The van der Waals surface area contributed by atoms with Gasteiger partial charge in [0, 0.05) is 41.0 Å². The number of benzene rings is 1. The third-order valence-electron chi connectivity index (χ3n) is 3.47. The van der Waals surface area contributed by atoms with Gasteiger partial charge >= 0.3 is 0 Å². The normalized spacial score (nSPS) is 11.8. The van der Waals surface area contributed by atoms with Gasteiger partial charge in [-0.05, 0) is 44.2 Å². The van der Waals surface area contributed by atoms with Crippen LogP contribution in [0.3, 0.4) is 0 Å². The smallest absolute Gasteiger partial charge is 0.191 e. The van der Waals surface area contributed by atoms with Gasteiger partial charge in [0.05, 0.1) is 12.2 Å². The van der Waals surface area contributed by atoms with E-state index < -0.39 is 0 Å². The van der Waals surface area contributed by atoms with Crippen molar-refractivity contribution in [2.75, 3.05) is 13.6 Å². The van der Waals surface area contributed by atoms with Crippen LogP contribution >= 0.6 is 51.7 Å². The summed E-state index contributed by atoms with van der Waals surface area (Å²) in [5.41, 5.74) is 1.11. The predicted octanol–water partition coefficient (Wildman–Crippen LogP) is 4.04. The van der Waals surface area contributed by atoms with Crippen LogP contribution in [-0.4, -0.2) is 34.1 Å². The highest BCUT2D eigenvalue weighted by molar-refractivity contribution is 14.0. The van der Waals surface area contributed by atoms with Crippen LogP contribution in [0, 0.1) is 0 Å². The van der Waals surface area contributed by atoms with Crippen molar-refractivity contribution in [3.8, 4) is 0 Å². The molecule has 0 saturated carbocycles. The average molecular weight is 538 g/mol. The zero-order chi connectivity index (χ0) is 17.6. The topological polar surface area (TPSA) is 54.2 Å². The molecule has 0 spiro atoms. The number of rotatable bonds is 6. The lowest BCUT2D eigenvalue weighted by Gasteiger charge is -2.25. The summed E-state index contributed by atoms with van der Waals surface area (Å²) in [4.78, 5) is 5.54. The summed E-state index contributed by atoms with van der Waals surface area (Å²) in [7, 11) is 3.72. The molecule has 0 aliphatic rings. The van der Waals surface area contributed by atoms with Crippen LogP contribution in [0.25, 0.3) is 0 Å². The van der Waals surface area contributed by atoms with Crippen molar-refractivity contribution in [3.63, 3.8) is 0 Å². The van der Waals surface area contributed by atoms with Crippen molar-refractivity contribution in [1.29, 1.82) is 0 Å². The Balaban J connectivity index is 0.00000312. The van der Waals surface area contributed by atoms with E-state index in [0.29, 0.717) is 6.54 Å². The minimum absolute atomic E-state index is 0. The molecule has 1 heterocycles. The number of aryl methyl sites for hydroxylation is 1. The zero-order valence-electron chi connectivity index (χ0n) is 14.9. The molecule has 2 N–H and O–H groups in total. The van der Waals surface area contributed by atoms with Gasteiger partial charge in [-0.25, -0.2) is 0 Å². The molecule has 0 radical (unpaired) electrons. The SMILES string of the molecule is CN=C(NCc1ccnn1C)NCC(C)(C)Sc1ccc(Br)cc1.I. The van der Waals surface area contributed by atoms with E-state index >= 15 is 0 Å². The summed E-state index contributed by atoms with van der Waals surface area (Å²) in [6.07, 6.45) is 1.80. The lowest BCUT2D eigenvalue weighted by molar-refractivity contribution is 0.651. The number of halogens is 2. The fourth-order valence-electron chi connectivity index (χ4n) is 2.12. The Morgan fingerprint density at radius 3 is 2.48 bits per heavy atom. The second-order valence-corrected chi connectivity index (χ2v) is 8.74. The highest BCUT2D eigenvalue weighted by atomic mass is 127. The average Bonchev–Trinajstić information content (AvgIpc) is 2.95. The van der Waals surface area contributed by atoms with Crippen molar-refractivity contribution in [3.05, 3.63) is 46.7 Å². The second-order valence-electron chi connectivity index (χ2n) is 6.04. The fraction of sp³-hybridized carbons (Fsp3) is 0.412. The number of hydrogen-bond donors (Lipinski definition) is 2. The van der Waals surface area contributed by atoms with Crippen LogP contribution in [0.2, 0.25) is 0 Å². The van der Waals surface area contributed by atoms with E-state index in [9.17, 15) is 0 Å². The maximum absolute atomic E-state index is 4.29. The summed E-state index contributed by atoms with van der Waals surface area (Å²) >= 11 is 5.32. The Labute approximate surface area is 179 Å². The van der Waals surface area contributed by atoms with Gasteiger partial charge in [0.2, 0.25) is 0 Å². The fourth-order valence-corrected chi connectivity index (χ4v) is 3.44. The molecule has 0 saturated heterocycles. The first-order valence-corrected chi connectivity index (χ1v) is 9.36. The zero-order valence-corrected chi connectivity index (χ0v) is 19.6. The van der Waals surface area contributed by atoms with Crippen LogP contribution in [-0.2, 0) is 13.6 Å². The molecular formula is C17H25BrIN5S. The van der Waals surface area contributed by atoms with Gasteiger partial charge in [-0.3, -0.25) is 9.67 Å². The van der Waals surface area contributed by atoms with Crippen molar-refractivity contribution in [2.24, 2.45) is 12.0 Å². The maximum Gasteiger partial charge on any atom is 0.191 e. The number of aromatic nitrogens is 2. The van der Waals surface area contributed by atoms with Crippen LogP contribution in [0.5, 0.6) is 0 Å². The first-order chi connectivity index (χ1) is 11.4. The number of guanidine groups is 1. The minimum atomic E-state index is 0. The van der Waals surface area contributed by atoms with E-state index in [4.69, 9.17) is 0 Å². The van der Waals surface area contributed by atoms with Gasteiger partial charge in [0.15, 0.2) is 5.96 Å². The summed E-state index contributed by atoms with van der Waals surface area (Å²) in [6.45, 7) is 5.94. The van der Waals surface area contributed by atoms with E-state index in [1.54, 1.807) is 13.2 Å². The Hall–Kier alpha value is -0.740. The first-order valence-electron chi connectivity index (χ1n) is 7.75. The van der Waals surface area contributed by atoms with Crippen molar-refractivity contribution in [2.45, 2.75) is 30.0 Å². The summed E-state index contributed by atoms with van der Waals surface area (Å²) in [6, 6.07) is 10.4. The number of nitrogens with zero attached hydrogens (tertiary/aromatic N) is 3. The summed E-state index contributed by atoms with van der Waals surface area (Å²) < 4.78 is 2.99. The van der Waals surface area contributed by atoms with E-state index in [0.717, 1.165) is 22.7 Å². The molecule has 1 aromatic carbocycles. The lowest BCUT2D eigenvalue weighted by Crippen LogP contribution is -2.43. The number of aliphatic imine (C=N–C) groups is 1. The molecule has 0 aliphatic heterocycles. The van der Waals surface area contributed by atoms with Crippen LogP contribution in [0.4, 0.5) is 0 Å². The van der Waals surface area contributed by atoms with Gasteiger partial charge in [0.1, 0.15) is 0 Å². The molecule has 2 aromatic rings.